The van der Waals surface area contributed by atoms with Crippen molar-refractivity contribution in [3.8, 4) is 0 Å². The molecule has 2 aromatic carbocycles. The SMILES string of the molecule is CC(C)C[C@]1(c2ccccc2)NC(=O)N(C[NH+]2CC=C(c3ccccc3)CC2)C1=O. The zero-order valence-electron chi connectivity index (χ0n) is 17.7. The van der Waals surface area contributed by atoms with Crippen LogP contribution in [-0.4, -0.2) is 36.6 Å². The Kier molecular flexibility index (Phi) is 5.73. The third-order valence-electron chi connectivity index (χ3n) is 6.07. The minimum atomic E-state index is -0.966. The maximum absolute atomic E-state index is 13.5. The van der Waals surface area contributed by atoms with Gasteiger partial charge in [-0.1, -0.05) is 74.5 Å². The third kappa shape index (κ3) is 3.90. The summed E-state index contributed by atoms with van der Waals surface area (Å²) in [5.41, 5.74) is 2.49. The van der Waals surface area contributed by atoms with Gasteiger partial charge in [0, 0.05) is 6.42 Å². The van der Waals surface area contributed by atoms with Crippen molar-refractivity contribution in [1.82, 2.24) is 10.2 Å². The number of hydrogen-bond donors (Lipinski definition) is 2. The number of nitrogens with one attached hydrogen (secondary N) is 2. The highest BCUT2D eigenvalue weighted by Crippen LogP contribution is 2.34. The standard InChI is InChI=1S/C25H29N3O2/c1-19(2)17-25(22-11-7-4-8-12-22)23(29)28(24(30)26-25)18-27-15-13-21(14-16-27)20-9-5-3-6-10-20/h3-13,19H,14-18H2,1-2H3,(H,26,30)/p+1/t25-/m1/s1. The number of amides is 3. The van der Waals surface area contributed by atoms with Crippen molar-refractivity contribution in [1.29, 1.82) is 0 Å². The molecule has 1 unspecified atom stereocenters. The fourth-order valence-electron chi connectivity index (χ4n) is 4.62. The average Bonchev–Trinajstić information content (AvgIpc) is 3.00. The van der Waals surface area contributed by atoms with Crippen LogP contribution in [0.5, 0.6) is 0 Å². The van der Waals surface area contributed by atoms with E-state index in [1.165, 1.54) is 20.9 Å². The van der Waals surface area contributed by atoms with E-state index < -0.39 is 5.54 Å². The molecule has 2 atom stereocenters. The lowest BCUT2D eigenvalue weighted by Crippen LogP contribution is -3.14. The summed E-state index contributed by atoms with van der Waals surface area (Å²) < 4.78 is 0. The third-order valence-corrected chi connectivity index (χ3v) is 6.07. The number of quaternary nitrogens is 1. The molecule has 1 saturated heterocycles. The zero-order valence-corrected chi connectivity index (χ0v) is 17.7. The quantitative estimate of drug-likeness (QED) is 0.728. The van der Waals surface area contributed by atoms with Gasteiger partial charge in [-0.2, -0.15) is 0 Å². The molecule has 0 saturated carbocycles. The first-order valence-electron chi connectivity index (χ1n) is 10.8. The van der Waals surface area contributed by atoms with E-state index in [2.05, 4.69) is 49.5 Å². The van der Waals surface area contributed by atoms with Gasteiger partial charge in [-0.05, 0) is 35.1 Å². The Morgan fingerprint density at radius 3 is 2.30 bits per heavy atom. The summed E-state index contributed by atoms with van der Waals surface area (Å²) in [6, 6.07) is 19.8. The van der Waals surface area contributed by atoms with E-state index in [1.54, 1.807) is 0 Å². The molecule has 4 rings (SSSR count). The van der Waals surface area contributed by atoms with E-state index in [4.69, 9.17) is 0 Å². The second kappa shape index (κ2) is 8.44. The van der Waals surface area contributed by atoms with Gasteiger partial charge in [-0.25, -0.2) is 9.69 Å². The molecule has 2 aliphatic rings. The van der Waals surface area contributed by atoms with Gasteiger partial charge in [-0.3, -0.25) is 4.79 Å². The summed E-state index contributed by atoms with van der Waals surface area (Å²) in [5, 5.41) is 3.05. The summed E-state index contributed by atoms with van der Waals surface area (Å²) in [6.07, 6.45) is 3.77. The Morgan fingerprint density at radius 2 is 1.70 bits per heavy atom. The van der Waals surface area contributed by atoms with Gasteiger partial charge in [0.1, 0.15) is 5.54 Å². The largest absolute Gasteiger partial charge is 0.329 e. The van der Waals surface area contributed by atoms with Crippen LogP contribution in [-0.2, 0) is 10.3 Å². The molecule has 0 aromatic heterocycles. The molecule has 0 aliphatic carbocycles. The molecule has 5 heteroatoms. The molecular formula is C25H30N3O2+. The molecule has 2 aromatic rings. The van der Waals surface area contributed by atoms with Gasteiger partial charge in [-0.15, -0.1) is 0 Å². The molecule has 3 amide bonds. The summed E-state index contributed by atoms with van der Waals surface area (Å²) in [7, 11) is 0. The van der Waals surface area contributed by atoms with Crippen LogP contribution >= 0.6 is 0 Å². The van der Waals surface area contributed by atoms with Crippen LogP contribution in [0, 0.1) is 5.92 Å². The van der Waals surface area contributed by atoms with Gasteiger partial charge >= 0.3 is 6.03 Å². The molecule has 156 valence electrons. The van der Waals surface area contributed by atoms with Crippen LogP contribution in [0.1, 0.15) is 37.8 Å². The van der Waals surface area contributed by atoms with Crippen LogP contribution in [0.25, 0.3) is 5.57 Å². The van der Waals surface area contributed by atoms with Crippen molar-refractivity contribution in [3.63, 3.8) is 0 Å². The van der Waals surface area contributed by atoms with Gasteiger partial charge < -0.3 is 10.2 Å². The lowest BCUT2D eigenvalue weighted by molar-refractivity contribution is -0.902. The summed E-state index contributed by atoms with van der Waals surface area (Å²) in [5.74, 6) is 0.144. The van der Waals surface area contributed by atoms with Crippen LogP contribution in [0.15, 0.2) is 66.7 Å². The van der Waals surface area contributed by atoms with E-state index in [9.17, 15) is 9.59 Å². The number of urea groups is 1. The van der Waals surface area contributed by atoms with Crippen molar-refractivity contribution < 1.29 is 14.5 Å². The zero-order chi connectivity index (χ0) is 21.1. The van der Waals surface area contributed by atoms with Crippen molar-refractivity contribution in [2.24, 2.45) is 5.92 Å². The van der Waals surface area contributed by atoms with E-state index in [-0.39, 0.29) is 17.9 Å². The minimum absolute atomic E-state index is 0.127. The van der Waals surface area contributed by atoms with Gasteiger partial charge in [0.15, 0.2) is 6.67 Å². The Bertz CT molecular complexity index is 939. The maximum atomic E-state index is 13.5. The lowest BCUT2D eigenvalue weighted by Gasteiger charge is -2.30. The van der Waals surface area contributed by atoms with Crippen molar-refractivity contribution in [2.75, 3.05) is 19.8 Å². The Morgan fingerprint density at radius 1 is 1.03 bits per heavy atom. The van der Waals surface area contributed by atoms with Gasteiger partial charge in [0.25, 0.3) is 5.91 Å². The number of hydrogen-bond acceptors (Lipinski definition) is 2. The summed E-state index contributed by atoms with van der Waals surface area (Å²) in [6.45, 7) is 6.27. The van der Waals surface area contributed by atoms with Crippen LogP contribution < -0.4 is 10.2 Å². The molecule has 2 heterocycles. The van der Waals surface area contributed by atoms with E-state index in [1.807, 2.05) is 36.4 Å². The van der Waals surface area contributed by atoms with E-state index in [0.717, 1.165) is 25.1 Å². The fraction of sp³-hybridized carbons (Fsp3) is 0.360. The maximum Gasteiger partial charge on any atom is 0.329 e. The number of imide groups is 1. The molecule has 0 spiro atoms. The minimum Gasteiger partial charge on any atom is -0.319 e. The van der Waals surface area contributed by atoms with Gasteiger partial charge in [0.05, 0.1) is 13.1 Å². The lowest BCUT2D eigenvalue weighted by atomic mass is 9.82. The molecule has 0 radical (unpaired) electrons. The molecule has 2 aliphatic heterocycles. The summed E-state index contributed by atoms with van der Waals surface area (Å²) >= 11 is 0. The molecule has 5 nitrogen and oxygen atoms in total. The highest BCUT2D eigenvalue weighted by Gasteiger charge is 2.53. The Hall–Kier alpha value is -2.92. The highest BCUT2D eigenvalue weighted by atomic mass is 16.2. The van der Waals surface area contributed by atoms with Crippen LogP contribution in [0.3, 0.4) is 0 Å². The van der Waals surface area contributed by atoms with Crippen LogP contribution in [0.4, 0.5) is 4.79 Å². The normalized spacial score (nSPS) is 24.2. The molecule has 0 bridgehead atoms. The Labute approximate surface area is 178 Å². The predicted octanol–water partition coefficient (Wildman–Crippen LogP) is 2.81. The first-order chi connectivity index (χ1) is 14.5. The molecular weight excluding hydrogens is 374 g/mol. The number of rotatable bonds is 6. The van der Waals surface area contributed by atoms with Gasteiger partial charge in [0.2, 0.25) is 0 Å². The molecule has 1 fully saturated rings. The van der Waals surface area contributed by atoms with Crippen molar-refractivity contribution >= 4 is 17.5 Å². The Balaban J connectivity index is 1.51. The first-order valence-corrected chi connectivity index (χ1v) is 10.8. The smallest absolute Gasteiger partial charge is 0.319 e. The van der Waals surface area contributed by atoms with Crippen molar-refractivity contribution in [2.45, 2.75) is 32.2 Å². The summed E-state index contributed by atoms with van der Waals surface area (Å²) in [4.78, 5) is 29.1. The molecule has 30 heavy (non-hydrogen) atoms. The second-order valence-corrected chi connectivity index (χ2v) is 8.74. The highest BCUT2D eigenvalue weighted by molar-refractivity contribution is 6.07. The molecule has 2 N–H and O–H groups in total. The topological polar surface area (TPSA) is 53.9 Å². The number of benzene rings is 2. The fourth-order valence-corrected chi connectivity index (χ4v) is 4.62. The van der Waals surface area contributed by atoms with E-state index >= 15 is 0 Å². The van der Waals surface area contributed by atoms with E-state index in [0.29, 0.717) is 13.1 Å². The number of carbonyl (C=O) groups is 2. The van der Waals surface area contributed by atoms with Crippen LogP contribution in [0.2, 0.25) is 0 Å². The predicted molar refractivity (Wildman–Crippen MR) is 118 cm³/mol. The first kappa shape index (κ1) is 20.4. The number of nitrogens with zero attached hydrogens (tertiary/aromatic N) is 1. The number of carbonyl (C=O) groups excluding carboxylic acids is 2. The monoisotopic (exact) mass is 404 g/mol. The second-order valence-electron chi connectivity index (χ2n) is 8.74. The van der Waals surface area contributed by atoms with Crippen molar-refractivity contribution in [3.05, 3.63) is 77.9 Å². The average molecular weight is 405 g/mol.